The molecule has 35 heavy (non-hydrogen) atoms. The summed E-state index contributed by atoms with van der Waals surface area (Å²) >= 11 is 1.69. The summed E-state index contributed by atoms with van der Waals surface area (Å²) in [5.41, 5.74) is 4.13. The van der Waals surface area contributed by atoms with Crippen molar-refractivity contribution in [2.24, 2.45) is 0 Å². The van der Waals surface area contributed by atoms with E-state index in [2.05, 4.69) is 72.6 Å². The van der Waals surface area contributed by atoms with Crippen LogP contribution in [0.25, 0.3) is 21.8 Å². The first-order valence-electron chi connectivity index (χ1n) is 12.0. The number of ether oxygens (including phenoxy) is 1. The second kappa shape index (κ2) is 9.28. The number of piperidine rings is 1. The zero-order chi connectivity index (χ0) is 23.8. The van der Waals surface area contributed by atoms with E-state index in [-0.39, 0.29) is 6.10 Å². The van der Waals surface area contributed by atoms with Gasteiger partial charge in [0.25, 0.3) is 0 Å². The maximum Gasteiger partial charge on any atom is 0.145 e. The minimum Gasteiger partial charge on any atom is -0.489 e. The van der Waals surface area contributed by atoms with Crippen LogP contribution in [-0.4, -0.2) is 50.7 Å². The van der Waals surface area contributed by atoms with Crippen LogP contribution in [-0.2, 0) is 6.54 Å². The van der Waals surface area contributed by atoms with Crippen LogP contribution in [0.15, 0.2) is 60.4 Å². The van der Waals surface area contributed by atoms with Crippen molar-refractivity contribution >= 4 is 44.6 Å². The van der Waals surface area contributed by atoms with Gasteiger partial charge < -0.3 is 19.5 Å². The second-order valence-electron chi connectivity index (χ2n) is 9.19. The highest BCUT2D eigenvalue weighted by molar-refractivity contribution is 7.09. The van der Waals surface area contributed by atoms with E-state index in [1.54, 1.807) is 17.7 Å². The van der Waals surface area contributed by atoms with E-state index >= 15 is 0 Å². The molecule has 2 aromatic carbocycles. The summed E-state index contributed by atoms with van der Waals surface area (Å²) in [7, 11) is 2.16. The molecule has 4 heterocycles. The van der Waals surface area contributed by atoms with Gasteiger partial charge in [-0.1, -0.05) is 6.07 Å². The molecule has 1 aliphatic heterocycles. The topological polar surface area (TPSA) is 68.1 Å². The summed E-state index contributed by atoms with van der Waals surface area (Å²) in [6.07, 6.45) is 5.99. The van der Waals surface area contributed by atoms with Crippen LogP contribution >= 0.6 is 11.3 Å². The molecule has 0 radical (unpaired) electrons. The van der Waals surface area contributed by atoms with Gasteiger partial charge in [-0.05, 0) is 63.2 Å². The highest BCUT2D eigenvalue weighted by Crippen LogP contribution is 2.34. The first-order chi connectivity index (χ1) is 17.1. The Morgan fingerprint density at radius 2 is 2.00 bits per heavy atom. The molecule has 0 spiro atoms. The van der Waals surface area contributed by atoms with Gasteiger partial charge in [0.1, 0.15) is 24.0 Å². The molecule has 0 bridgehead atoms. The Balaban J connectivity index is 1.28. The average Bonchev–Trinajstić information content (AvgIpc) is 3.46. The number of anilines is 2. The Kier molecular flexibility index (Phi) is 5.83. The summed E-state index contributed by atoms with van der Waals surface area (Å²) in [5.74, 6) is 1.60. The van der Waals surface area contributed by atoms with Gasteiger partial charge in [-0.15, -0.1) is 11.3 Å². The van der Waals surface area contributed by atoms with Crippen molar-refractivity contribution in [2.75, 3.05) is 25.5 Å². The molecule has 0 amide bonds. The minimum atomic E-state index is 0.211. The first kappa shape index (κ1) is 22.0. The van der Waals surface area contributed by atoms with Crippen molar-refractivity contribution in [2.45, 2.75) is 32.4 Å². The lowest BCUT2D eigenvalue weighted by Gasteiger charge is -2.29. The summed E-state index contributed by atoms with van der Waals surface area (Å²) < 4.78 is 8.71. The number of rotatable bonds is 6. The van der Waals surface area contributed by atoms with Gasteiger partial charge in [0.15, 0.2) is 0 Å². The average molecular weight is 485 g/mol. The van der Waals surface area contributed by atoms with Crippen LogP contribution < -0.4 is 10.1 Å². The number of hydrogen-bond donors (Lipinski definition) is 1. The lowest BCUT2D eigenvalue weighted by atomic mass is 10.1. The molecule has 0 aliphatic carbocycles. The van der Waals surface area contributed by atoms with Crippen molar-refractivity contribution < 1.29 is 4.74 Å². The Morgan fingerprint density at radius 3 is 2.83 bits per heavy atom. The van der Waals surface area contributed by atoms with Crippen LogP contribution in [0, 0.1) is 6.92 Å². The largest absolute Gasteiger partial charge is 0.489 e. The van der Waals surface area contributed by atoms with Crippen LogP contribution in [0.3, 0.4) is 0 Å². The molecule has 1 fully saturated rings. The molecular formula is C27H28N6OS. The predicted octanol–water partition coefficient (Wildman–Crippen LogP) is 5.61. The first-order valence-corrected chi connectivity index (χ1v) is 12.9. The fourth-order valence-corrected chi connectivity index (χ4v) is 5.37. The van der Waals surface area contributed by atoms with Gasteiger partial charge in [-0.2, -0.15) is 0 Å². The van der Waals surface area contributed by atoms with Crippen LogP contribution in [0.4, 0.5) is 11.5 Å². The number of thiazole rings is 1. The maximum atomic E-state index is 6.47. The van der Waals surface area contributed by atoms with Gasteiger partial charge >= 0.3 is 0 Å². The zero-order valence-corrected chi connectivity index (χ0v) is 20.8. The quantitative estimate of drug-likeness (QED) is 0.338. The SMILES string of the molecule is Cc1nc(Cn2ccc3cc(Nc4ncnc5cccc(OC6CCN(C)CC6)c45)ccc32)cs1. The molecule has 0 atom stereocenters. The summed E-state index contributed by atoms with van der Waals surface area (Å²) in [6, 6.07) is 14.6. The number of hydrogen-bond acceptors (Lipinski definition) is 7. The third kappa shape index (κ3) is 4.59. The number of aromatic nitrogens is 4. The van der Waals surface area contributed by atoms with E-state index in [1.807, 2.05) is 25.1 Å². The normalized spacial score (nSPS) is 15.1. The van der Waals surface area contributed by atoms with Crippen molar-refractivity contribution in [3.63, 3.8) is 0 Å². The summed E-state index contributed by atoms with van der Waals surface area (Å²) in [5, 5.41) is 8.84. The summed E-state index contributed by atoms with van der Waals surface area (Å²) in [6.45, 7) is 4.92. The smallest absolute Gasteiger partial charge is 0.145 e. The van der Waals surface area contributed by atoms with Crippen molar-refractivity contribution in [3.05, 3.63) is 71.1 Å². The highest BCUT2D eigenvalue weighted by Gasteiger charge is 2.20. The van der Waals surface area contributed by atoms with Gasteiger partial charge in [0.05, 0.1) is 28.1 Å². The van der Waals surface area contributed by atoms with Crippen molar-refractivity contribution in [3.8, 4) is 5.75 Å². The van der Waals surface area contributed by atoms with E-state index < -0.39 is 0 Å². The van der Waals surface area contributed by atoms with E-state index in [9.17, 15) is 0 Å². The van der Waals surface area contributed by atoms with Crippen LogP contribution in [0.1, 0.15) is 23.5 Å². The molecule has 5 aromatic rings. The molecule has 6 rings (SSSR count). The summed E-state index contributed by atoms with van der Waals surface area (Å²) in [4.78, 5) is 16.0. The number of benzene rings is 2. The van der Waals surface area contributed by atoms with E-state index in [0.717, 1.165) is 71.3 Å². The van der Waals surface area contributed by atoms with Crippen molar-refractivity contribution in [1.29, 1.82) is 0 Å². The molecule has 8 heteroatoms. The van der Waals surface area contributed by atoms with Gasteiger partial charge in [0.2, 0.25) is 0 Å². The Labute approximate surface area is 208 Å². The lowest BCUT2D eigenvalue weighted by molar-refractivity contribution is 0.116. The predicted molar refractivity (Wildman–Crippen MR) is 142 cm³/mol. The van der Waals surface area contributed by atoms with Crippen molar-refractivity contribution in [1.82, 2.24) is 24.4 Å². The number of likely N-dealkylation sites (tertiary alicyclic amines) is 1. The molecule has 7 nitrogen and oxygen atoms in total. The van der Waals surface area contributed by atoms with E-state index in [4.69, 9.17) is 4.74 Å². The maximum absolute atomic E-state index is 6.47. The van der Waals surface area contributed by atoms with E-state index in [0.29, 0.717) is 0 Å². The van der Waals surface area contributed by atoms with Gasteiger partial charge in [-0.3, -0.25) is 0 Å². The Hall–Kier alpha value is -3.49. The van der Waals surface area contributed by atoms with Crippen LogP contribution in [0.5, 0.6) is 5.75 Å². The third-order valence-electron chi connectivity index (χ3n) is 6.62. The second-order valence-corrected chi connectivity index (χ2v) is 10.3. The van der Waals surface area contributed by atoms with E-state index in [1.165, 1.54) is 10.9 Å². The molecule has 0 unspecified atom stereocenters. The Bertz CT molecular complexity index is 1480. The molecule has 0 saturated carbocycles. The van der Waals surface area contributed by atoms with Gasteiger partial charge in [0, 0.05) is 41.3 Å². The third-order valence-corrected chi connectivity index (χ3v) is 7.44. The molecule has 3 aromatic heterocycles. The fourth-order valence-electron chi connectivity index (χ4n) is 4.76. The number of aryl methyl sites for hydroxylation is 1. The molecule has 1 aliphatic rings. The minimum absolute atomic E-state index is 0.211. The Morgan fingerprint density at radius 1 is 1.11 bits per heavy atom. The fraction of sp³-hybridized carbons (Fsp3) is 0.296. The molecule has 1 N–H and O–H groups in total. The highest BCUT2D eigenvalue weighted by atomic mass is 32.1. The van der Waals surface area contributed by atoms with Crippen LogP contribution in [0.2, 0.25) is 0 Å². The monoisotopic (exact) mass is 484 g/mol. The lowest BCUT2D eigenvalue weighted by Crippen LogP contribution is -2.35. The molecule has 178 valence electrons. The molecule has 1 saturated heterocycles. The standard InChI is InChI=1S/C27H28N6OS/c1-18-30-21(16-35-18)15-33-13-8-19-14-20(6-7-24(19)33)31-27-26-23(28-17-29-27)4-3-5-25(26)34-22-9-11-32(2)12-10-22/h3-8,13-14,16-17,22H,9-12,15H2,1-2H3,(H,28,29,31). The molecular weight excluding hydrogens is 456 g/mol. The number of nitrogens with zero attached hydrogens (tertiary/aromatic N) is 5. The number of nitrogens with one attached hydrogen (secondary N) is 1. The number of fused-ring (bicyclic) bond motifs is 2. The van der Waals surface area contributed by atoms with Gasteiger partial charge in [-0.25, -0.2) is 15.0 Å². The zero-order valence-electron chi connectivity index (χ0n) is 19.9.